The maximum absolute atomic E-state index is 12.3. The van der Waals surface area contributed by atoms with Gasteiger partial charge in [0.05, 0.1) is 0 Å². The molecule has 0 fully saturated rings. The Morgan fingerprint density at radius 2 is 2.16 bits per heavy atom. The molecule has 19 heavy (non-hydrogen) atoms. The van der Waals surface area contributed by atoms with Gasteiger partial charge in [0.25, 0.3) is 0 Å². The smallest absolute Gasteiger partial charge is 0.227 e. The van der Waals surface area contributed by atoms with Gasteiger partial charge >= 0.3 is 0 Å². The van der Waals surface area contributed by atoms with Crippen LogP contribution in [-0.2, 0) is 10.2 Å². The second-order valence-corrected chi connectivity index (χ2v) is 6.15. The van der Waals surface area contributed by atoms with Crippen LogP contribution in [0.4, 0.5) is 5.69 Å². The summed E-state index contributed by atoms with van der Waals surface area (Å²) >= 11 is 6.30. The van der Waals surface area contributed by atoms with Crippen LogP contribution in [0.1, 0.15) is 38.7 Å². The maximum atomic E-state index is 12.3. The first-order valence-electron chi connectivity index (χ1n) is 6.77. The van der Waals surface area contributed by atoms with Gasteiger partial charge < -0.3 is 10.6 Å². The Labute approximate surface area is 119 Å². The van der Waals surface area contributed by atoms with Gasteiger partial charge in [0.15, 0.2) is 0 Å². The van der Waals surface area contributed by atoms with E-state index in [0.29, 0.717) is 19.5 Å². The molecule has 1 aromatic rings. The second-order valence-electron chi connectivity index (χ2n) is 5.74. The molecule has 104 valence electrons. The van der Waals surface area contributed by atoms with Crippen LogP contribution in [0.25, 0.3) is 0 Å². The van der Waals surface area contributed by atoms with Gasteiger partial charge in [-0.25, -0.2) is 0 Å². The molecule has 0 unspecified atom stereocenters. The van der Waals surface area contributed by atoms with Crippen molar-refractivity contribution in [2.75, 3.05) is 18.0 Å². The van der Waals surface area contributed by atoms with Gasteiger partial charge in [-0.05, 0) is 31.5 Å². The number of nitrogens with zero attached hydrogens (tertiary/aromatic N) is 1. The topological polar surface area (TPSA) is 46.3 Å². The lowest BCUT2D eigenvalue weighted by atomic mass is 9.87. The van der Waals surface area contributed by atoms with Crippen LogP contribution in [-0.4, -0.2) is 19.0 Å². The first kappa shape index (κ1) is 14.4. The van der Waals surface area contributed by atoms with E-state index in [0.717, 1.165) is 29.1 Å². The molecule has 0 bridgehead atoms. The monoisotopic (exact) mass is 280 g/mol. The van der Waals surface area contributed by atoms with E-state index in [1.165, 1.54) is 0 Å². The number of amides is 1. The third-order valence-electron chi connectivity index (χ3n) is 3.66. The highest BCUT2D eigenvalue weighted by Gasteiger charge is 2.39. The van der Waals surface area contributed by atoms with Gasteiger partial charge in [-0.2, -0.15) is 0 Å². The van der Waals surface area contributed by atoms with Gasteiger partial charge in [0.1, 0.15) is 0 Å². The van der Waals surface area contributed by atoms with Crippen LogP contribution in [0.15, 0.2) is 18.2 Å². The summed E-state index contributed by atoms with van der Waals surface area (Å²) in [6.07, 6.45) is 2.30. The van der Waals surface area contributed by atoms with Crippen LogP contribution >= 0.6 is 11.6 Å². The minimum Gasteiger partial charge on any atom is -0.330 e. The summed E-state index contributed by atoms with van der Waals surface area (Å²) < 4.78 is 0. The SMILES string of the molecule is CC1(C)CN(C(=O)CCCCN)c2cccc(Cl)c21. The molecule has 0 saturated heterocycles. The van der Waals surface area contributed by atoms with E-state index in [9.17, 15) is 4.79 Å². The number of rotatable bonds is 4. The summed E-state index contributed by atoms with van der Waals surface area (Å²) in [5.41, 5.74) is 7.43. The molecule has 2 rings (SSSR count). The summed E-state index contributed by atoms with van der Waals surface area (Å²) in [7, 11) is 0. The maximum Gasteiger partial charge on any atom is 0.227 e. The number of halogens is 1. The summed E-state index contributed by atoms with van der Waals surface area (Å²) in [6, 6.07) is 5.78. The van der Waals surface area contributed by atoms with Crippen molar-refractivity contribution in [1.29, 1.82) is 0 Å². The summed E-state index contributed by atoms with van der Waals surface area (Å²) in [6.45, 7) is 5.60. The van der Waals surface area contributed by atoms with Crippen LogP contribution in [0.2, 0.25) is 5.02 Å². The minimum absolute atomic E-state index is 0.0861. The summed E-state index contributed by atoms with van der Waals surface area (Å²) in [4.78, 5) is 14.2. The molecule has 0 atom stereocenters. The fourth-order valence-electron chi connectivity index (χ4n) is 2.75. The minimum atomic E-state index is -0.0861. The van der Waals surface area contributed by atoms with Gasteiger partial charge in [0.2, 0.25) is 5.91 Å². The van der Waals surface area contributed by atoms with E-state index in [1.807, 2.05) is 23.1 Å². The number of carbonyl (C=O) groups excluding carboxylic acids is 1. The van der Waals surface area contributed by atoms with Crippen molar-refractivity contribution in [3.05, 3.63) is 28.8 Å². The quantitative estimate of drug-likeness (QED) is 0.862. The lowest BCUT2D eigenvalue weighted by molar-refractivity contribution is -0.118. The Hall–Kier alpha value is -1.06. The predicted molar refractivity (Wildman–Crippen MR) is 79.7 cm³/mol. The van der Waals surface area contributed by atoms with Gasteiger partial charge in [-0.3, -0.25) is 4.79 Å². The molecule has 0 radical (unpaired) electrons. The zero-order valence-corrected chi connectivity index (χ0v) is 12.3. The number of hydrogen-bond acceptors (Lipinski definition) is 2. The van der Waals surface area contributed by atoms with Crippen molar-refractivity contribution >= 4 is 23.2 Å². The van der Waals surface area contributed by atoms with Gasteiger partial charge in [0, 0.05) is 34.7 Å². The highest BCUT2D eigenvalue weighted by Crippen LogP contribution is 2.44. The number of unbranched alkanes of at least 4 members (excludes halogenated alkanes) is 1. The normalized spacial score (nSPS) is 16.5. The van der Waals surface area contributed by atoms with E-state index in [2.05, 4.69) is 13.8 Å². The summed E-state index contributed by atoms with van der Waals surface area (Å²) in [5.74, 6) is 0.169. The standard InChI is InChI=1S/C15H21ClN2O/c1-15(2)10-18(13(19)8-3-4-9-17)12-7-5-6-11(16)14(12)15/h5-7H,3-4,8-10,17H2,1-2H3. The van der Waals surface area contributed by atoms with Crippen molar-refractivity contribution < 1.29 is 4.79 Å². The Bertz CT molecular complexity index is 485. The Morgan fingerprint density at radius 3 is 2.84 bits per heavy atom. The van der Waals surface area contributed by atoms with Crippen LogP contribution in [0, 0.1) is 0 Å². The predicted octanol–water partition coefficient (Wildman–Crippen LogP) is 3.09. The van der Waals surface area contributed by atoms with E-state index in [-0.39, 0.29) is 11.3 Å². The highest BCUT2D eigenvalue weighted by atomic mass is 35.5. The average Bonchev–Trinajstić information content (AvgIpc) is 2.63. The molecule has 1 aliphatic rings. The third-order valence-corrected chi connectivity index (χ3v) is 3.97. The third kappa shape index (κ3) is 2.77. The zero-order chi connectivity index (χ0) is 14.0. The van der Waals surface area contributed by atoms with Crippen LogP contribution < -0.4 is 10.6 Å². The molecule has 4 heteroatoms. The number of nitrogens with two attached hydrogens (primary N) is 1. The Kier molecular flexibility index (Phi) is 4.16. The first-order valence-corrected chi connectivity index (χ1v) is 7.14. The average molecular weight is 281 g/mol. The number of carbonyl (C=O) groups is 1. The molecule has 0 aliphatic carbocycles. The molecule has 1 heterocycles. The fraction of sp³-hybridized carbons (Fsp3) is 0.533. The lowest BCUT2D eigenvalue weighted by Gasteiger charge is -2.21. The molecular weight excluding hydrogens is 260 g/mol. The molecule has 0 spiro atoms. The molecule has 2 N–H and O–H groups in total. The number of hydrogen-bond donors (Lipinski definition) is 1. The molecule has 1 amide bonds. The van der Waals surface area contributed by atoms with Crippen molar-refractivity contribution in [3.8, 4) is 0 Å². The lowest BCUT2D eigenvalue weighted by Crippen LogP contribution is -2.33. The van der Waals surface area contributed by atoms with Crippen molar-refractivity contribution in [3.63, 3.8) is 0 Å². The molecule has 3 nitrogen and oxygen atoms in total. The molecular formula is C15H21ClN2O. The fourth-order valence-corrected chi connectivity index (χ4v) is 3.17. The zero-order valence-electron chi connectivity index (χ0n) is 11.6. The highest BCUT2D eigenvalue weighted by molar-refractivity contribution is 6.32. The van der Waals surface area contributed by atoms with E-state index < -0.39 is 0 Å². The van der Waals surface area contributed by atoms with E-state index >= 15 is 0 Å². The molecule has 1 aromatic carbocycles. The summed E-state index contributed by atoms with van der Waals surface area (Å²) in [5, 5.41) is 0.750. The molecule has 1 aliphatic heterocycles. The largest absolute Gasteiger partial charge is 0.330 e. The van der Waals surface area contributed by atoms with Gasteiger partial charge in [-0.15, -0.1) is 0 Å². The van der Waals surface area contributed by atoms with Crippen molar-refractivity contribution in [2.45, 2.75) is 38.5 Å². The van der Waals surface area contributed by atoms with E-state index in [1.54, 1.807) is 0 Å². The van der Waals surface area contributed by atoms with E-state index in [4.69, 9.17) is 17.3 Å². The second kappa shape index (κ2) is 5.51. The number of benzene rings is 1. The molecule has 0 saturated carbocycles. The van der Waals surface area contributed by atoms with Gasteiger partial charge in [-0.1, -0.05) is 31.5 Å². The first-order chi connectivity index (χ1) is 8.97. The molecule has 0 aromatic heterocycles. The van der Waals surface area contributed by atoms with Crippen LogP contribution in [0.3, 0.4) is 0 Å². The number of anilines is 1. The van der Waals surface area contributed by atoms with Crippen molar-refractivity contribution in [1.82, 2.24) is 0 Å². The number of fused-ring (bicyclic) bond motifs is 1. The Morgan fingerprint density at radius 1 is 1.42 bits per heavy atom. The van der Waals surface area contributed by atoms with Crippen molar-refractivity contribution in [2.24, 2.45) is 5.73 Å². The van der Waals surface area contributed by atoms with Crippen LogP contribution in [0.5, 0.6) is 0 Å². The Balaban J connectivity index is 2.23.